The van der Waals surface area contributed by atoms with Crippen LogP contribution >= 0.6 is 0 Å². The Morgan fingerprint density at radius 3 is 2.87 bits per heavy atom. The topological polar surface area (TPSA) is 17.0 Å². The standard InChI is InChI=1S/C20H23FN2/c1-14-4-6-19(12-15(14)2)22-16(3)8-10-23-11-9-17-13-18(21)5-7-20(17)23/h4-7,9,11-15,22H,3,8,10H2,1-2H3. The van der Waals surface area contributed by atoms with Crippen molar-refractivity contribution >= 4 is 10.9 Å². The Morgan fingerprint density at radius 2 is 2.09 bits per heavy atom. The first-order valence-corrected chi connectivity index (χ1v) is 8.12. The Labute approximate surface area is 137 Å². The molecule has 120 valence electrons. The van der Waals surface area contributed by atoms with Gasteiger partial charge in [-0.25, -0.2) is 4.39 Å². The van der Waals surface area contributed by atoms with Crippen LogP contribution in [0.15, 0.2) is 66.7 Å². The van der Waals surface area contributed by atoms with E-state index in [1.54, 1.807) is 6.07 Å². The van der Waals surface area contributed by atoms with Gasteiger partial charge in [-0.2, -0.15) is 0 Å². The maximum absolute atomic E-state index is 13.2. The Bertz CT molecular complexity index is 782. The lowest BCUT2D eigenvalue weighted by Gasteiger charge is -2.21. The summed E-state index contributed by atoms with van der Waals surface area (Å²) in [5.41, 5.74) is 3.17. The second-order valence-corrected chi connectivity index (χ2v) is 6.39. The number of rotatable bonds is 5. The van der Waals surface area contributed by atoms with Crippen LogP contribution in [-0.4, -0.2) is 4.57 Å². The number of aryl methyl sites for hydroxylation is 1. The fourth-order valence-electron chi connectivity index (χ4n) is 2.89. The minimum absolute atomic E-state index is 0.194. The van der Waals surface area contributed by atoms with E-state index in [0.717, 1.165) is 35.3 Å². The summed E-state index contributed by atoms with van der Waals surface area (Å²) in [5, 5.41) is 4.33. The van der Waals surface area contributed by atoms with Crippen LogP contribution in [0.1, 0.15) is 20.3 Å². The molecule has 0 spiro atoms. The van der Waals surface area contributed by atoms with Crippen molar-refractivity contribution in [2.75, 3.05) is 0 Å². The molecular weight excluding hydrogens is 287 g/mol. The van der Waals surface area contributed by atoms with Crippen LogP contribution in [-0.2, 0) is 6.54 Å². The molecule has 3 heteroatoms. The van der Waals surface area contributed by atoms with E-state index in [0.29, 0.717) is 11.8 Å². The van der Waals surface area contributed by atoms with Crippen molar-refractivity contribution in [2.45, 2.75) is 26.8 Å². The predicted octanol–water partition coefficient (Wildman–Crippen LogP) is 5.00. The number of benzene rings is 1. The fourth-order valence-corrected chi connectivity index (χ4v) is 2.89. The molecule has 0 fully saturated rings. The molecule has 1 aliphatic carbocycles. The summed E-state index contributed by atoms with van der Waals surface area (Å²) in [6.45, 7) is 9.40. The summed E-state index contributed by atoms with van der Waals surface area (Å²) in [6.07, 6.45) is 9.44. The lowest BCUT2D eigenvalue weighted by Crippen LogP contribution is -2.17. The third-order valence-corrected chi connectivity index (χ3v) is 4.56. The largest absolute Gasteiger partial charge is 0.360 e. The van der Waals surface area contributed by atoms with E-state index in [-0.39, 0.29) is 5.82 Å². The highest BCUT2D eigenvalue weighted by molar-refractivity contribution is 5.80. The first-order valence-electron chi connectivity index (χ1n) is 8.12. The molecule has 2 unspecified atom stereocenters. The molecule has 23 heavy (non-hydrogen) atoms. The van der Waals surface area contributed by atoms with Gasteiger partial charge in [0.05, 0.1) is 0 Å². The summed E-state index contributed by atoms with van der Waals surface area (Å²) in [7, 11) is 0. The third-order valence-electron chi connectivity index (χ3n) is 4.56. The van der Waals surface area contributed by atoms with Gasteiger partial charge in [-0.15, -0.1) is 0 Å². The van der Waals surface area contributed by atoms with E-state index in [9.17, 15) is 4.39 Å². The van der Waals surface area contributed by atoms with Crippen molar-refractivity contribution in [2.24, 2.45) is 11.8 Å². The van der Waals surface area contributed by atoms with Crippen LogP contribution in [0.4, 0.5) is 4.39 Å². The molecular formula is C20H23FN2. The van der Waals surface area contributed by atoms with Gasteiger partial charge in [-0.3, -0.25) is 0 Å². The quantitative estimate of drug-likeness (QED) is 0.822. The van der Waals surface area contributed by atoms with E-state index in [4.69, 9.17) is 0 Å². The Morgan fingerprint density at radius 1 is 1.26 bits per heavy atom. The molecule has 2 aromatic rings. The number of halogens is 1. The van der Waals surface area contributed by atoms with Crippen LogP contribution < -0.4 is 5.32 Å². The van der Waals surface area contributed by atoms with Crippen molar-refractivity contribution < 1.29 is 4.39 Å². The van der Waals surface area contributed by atoms with Crippen molar-refractivity contribution in [3.05, 3.63) is 72.5 Å². The zero-order chi connectivity index (χ0) is 16.4. The van der Waals surface area contributed by atoms with Crippen LogP contribution in [0.25, 0.3) is 10.9 Å². The molecule has 1 aliphatic rings. The Kier molecular flexibility index (Phi) is 4.37. The van der Waals surface area contributed by atoms with Crippen molar-refractivity contribution in [1.29, 1.82) is 0 Å². The first kappa shape index (κ1) is 15.6. The smallest absolute Gasteiger partial charge is 0.123 e. The van der Waals surface area contributed by atoms with Crippen LogP contribution in [0, 0.1) is 17.7 Å². The summed E-state index contributed by atoms with van der Waals surface area (Å²) in [6, 6.07) is 6.85. The molecule has 1 heterocycles. The lowest BCUT2D eigenvalue weighted by molar-refractivity contribution is 0.543. The Hall–Kier alpha value is -2.29. The molecule has 3 rings (SSSR count). The van der Waals surface area contributed by atoms with Gasteiger partial charge in [0, 0.05) is 41.5 Å². The molecule has 1 aromatic heterocycles. The van der Waals surface area contributed by atoms with Gasteiger partial charge in [0.15, 0.2) is 0 Å². The highest BCUT2D eigenvalue weighted by atomic mass is 19.1. The van der Waals surface area contributed by atoms with Crippen molar-refractivity contribution in [3.8, 4) is 0 Å². The van der Waals surface area contributed by atoms with Crippen molar-refractivity contribution in [1.82, 2.24) is 9.88 Å². The molecule has 1 aromatic carbocycles. The number of fused-ring (bicyclic) bond motifs is 1. The third kappa shape index (κ3) is 3.55. The van der Waals surface area contributed by atoms with Gasteiger partial charge in [-0.1, -0.05) is 32.6 Å². The van der Waals surface area contributed by atoms with Gasteiger partial charge < -0.3 is 9.88 Å². The van der Waals surface area contributed by atoms with E-state index < -0.39 is 0 Å². The van der Waals surface area contributed by atoms with E-state index in [1.165, 1.54) is 6.07 Å². The average Bonchev–Trinajstić information content (AvgIpc) is 2.91. The molecule has 1 N–H and O–H groups in total. The molecule has 0 aliphatic heterocycles. The normalized spacial score (nSPS) is 20.6. The second kappa shape index (κ2) is 6.45. The average molecular weight is 310 g/mol. The predicted molar refractivity (Wildman–Crippen MR) is 94.3 cm³/mol. The number of nitrogens with zero attached hydrogens (tertiary/aromatic N) is 1. The minimum Gasteiger partial charge on any atom is -0.360 e. The molecule has 0 radical (unpaired) electrons. The van der Waals surface area contributed by atoms with E-state index in [2.05, 4.69) is 48.5 Å². The Balaban J connectivity index is 1.60. The molecule has 0 saturated carbocycles. The number of aromatic nitrogens is 1. The van der Waals surface area contributed by atoms with Crippen LogP contribution in [0.2, 0.25) is 0 Å². The molecule has 2 atom stereocenters. The van der Waals surface area contributed by atoms with Gasteiger partial charge in [0.1, 0.15) is 5.82 Å². The lowest BCUT2D eigenvalue weighted by atomic mass is 9.90. The van der Waals surface area contributed by atoms with Crippen LogP contribution in [0.5, 0.6) is 0 Å². The number of allylic oxidation sites excluding steroid dienone is 4. The van der Waals surface area contributed by atoms with Crippen molar-refractivity contribution in [3.63, 3.8) is 0 Å². The molecule has 0 bridgehead atoms. The van der Waals surface area contributed by atoms with Gasteiger partial charge in [0.25, 0.3) is 0 Å². The van der Waals surface area contributed by atoms with E-state index >= 15 is 0 Å². The van der Waals surface area contributed by atoms with E-state index in [1.807, 2.05) is 18.3 Å². The monoisotopic (exact) mass is 310 g/mol. The van der Waals surface area contributed by atoms with Gasteiger partial charge >= 0.3 is 0 Å². The summed E-state index contributed by atoms with van der Waals surface area (Å²) >= 11 is 0. The molecule has 0 amide bonds. The maximum Gasteiger partial charge on any atom is 0.123 e. The van der Waals surface area contributed by atoms with Gasteiger partial charge in [0.2, 0.25) is 0 Å². The zero-order valence-corrected chi connectivity index (χ0v) is 13.7. The number of nitrogens with one attached hydrogen (secondary N) is 1. The number of hydrogen-bond donors (Lipinski definition) is 1. The maximum atomic E-state index is 13.2. The summed E-state index contributed by atoms with van der Waals surface area (Å²) in [4.78, 5) is 0. The summed E-state index contributed by atoms with van der Waals surface area (Å²) in [5.74, 6) is 0.930. The van der Waals surface area contributed by atoms with Gasteiger partial charge in [-0.05, 0) is 42.2 Å². The SMILES string of the molecule is C=C(CCn1ccc2cc(F)ccc21)NC1=CC(C)C(C)C=C1. The number of hydrogen-bond acceptors (Lipinski definition) is 1. The minimum atomic E-state index is -0.194. The molecule has 0 saturated heterocycles. The van der Waals surface area contributed by atoms with Crippen LogP contribution in [0.3, 0.4) is 0 Å². The fraction of sp³-hybridized carbons (Fsp3) is 0.300. The first-order chi connectivity index (χ1) is 11.0. The summed E-state index contributed by atoms with van der Waals surface area (Å²) < 4.78 is 15.4. The molecule has 2 nitrogen and oxygen atoms in total. The highest BCUT2D eigenvalue weighted by Gasteiger charge is 2.12. The zero-order valence-electron chi connectivity index (χ0n) is 13.7. The highest BCUT2D eigenvalue weighted by Crippen LogP contribution is 2.22. The second-order valence-electron chi connectivity index (χ2n) is 6.39.